The Bertz CT molecular complexity index is 4430. The summed E-state index contributed by atoms with van der Waals surface area (Å²) in [4.78, 5) is 16.1. The number of hydrogen-bond donors (Lipinski definition) is 1. The molecule has 0 spiro atoms. The summed E-state index contributed by atoms with van der Waals surface area (Å²) in [6.45, 7) is 0. The van der Waals surface area contributed by atoms with E-state index in [4.69, 9.17) is 15.0 Å². The fraction of sp³-hybridized carbons (Fsp3) is 0.0161. The number of allylic oxidation sites excluding steroid dienone is 2. The van der Waals surface area contributed by atoms with Gasteiger partial charge in [0.1, 0.15) is 23.3 Å². The molecule has 1 unspecified atom stereocenters. The minimum Gasteiger partial charge on any atom is -0.359 e. The van der Waals surface area contributed by atoms with E-state index >= 15 is 0 Å². The number of hydrogen-bond acceptors (Lipinski definition) is 4. The molecule has 0 fully saturated rings. The molecular weight excluding hydrogens is 857 g/mol. The lowest BCUT2D eigenvalue weighted by molar-refractivity contribution is 0.710. The Hall–Kier alpha value is -9.53. The van der Waals surface area contributed by atoms with Crippen molar-refractivity contribution >= 4 is 93.0 Å². The van der Waals surface area contributed by atoms with Gasteiger partial charge < -0.3 is 5.32 Å². The molecule has 7 aromatic carbocycles. The minimum absolute atomic E-state index is 0.173. The molecule has 1 N–H and O–H groups in total. The average Bonchev–Trinajstić information content (AvgIpc) is 4.15. The first-order valence-electron chi connectivity index (χ1n) is 23.7. The van der Waals surface area contributed by atoms with Crippen LogP contribution in [0.1, 0.15) is 11.7 Å². The lowest BCUT2D eigenvalue weighted by atomic mass is 10.1. The van der Waals surface area contributed by atoms with Crippen LogP contribution in [0.15, 0.2) is 231 Å². The van der Waals surface area contributed by atoms with E-state index in [9.17, 15) is 0 Å². The number of fused-ring (bicyclic) bond motifs is 12. The highest BCUT2D eigenvalue weighted by molar-refractivity contribution is 6.19. The van der Waals surface area contributed by atoms with Crippen LogP contribution >= 0.6 is 0 Å². The second-order valence-electron chi connectivity index (χ2n) is 18.1. The normalized spacial score (nSPS) is 14.0. The Morgan fingerprint density at radius 3 is 1.16 bits per heavy atom. The van der Waals surface area contributed by atoms with E-state index in [1.54, 1.807) is 0 Å². The van der Waals surface area contributed by atoms with Gasteiger partial charge in [-0.05, 0) is 91.0 Å². The first-order chi connectivity index (χ1) is 34.7. The van der Waals surface area contributed by atoms with Gasteiger partial charge in [0.25, 0.3) is 0 Å². The zero-order chi connectivity index (χ0) is 45.9. The molecule has 15 rings (SSSR count). The molecule has 8 heteroatoms. The van der Waals surface area contributed by atoms with E-state index in [0.717, 1.165) is 84.5 Å². The quantitative estimate of drug-likeness (QED) is 0.180. The Labute approximate surface area is 400 Å². The van der Waals surface area contributed by atoms with Crippen molar-refractivity contribution in [2.24, 2.45) is 0 Å². The van der Waals surface area contributed by atoms with Crippen molar-refractivity contribution in [2.75, 3.05) is 0 Å². The van der Waals surface area contributed by atoms with Crippen LogP contribution in [0.4, 0.5) is 0 Å². The van der Waals surface area contributed by atoms with Gasteiger partial charge in [0.05, 0.1) is 67.3 Å². The fourth-order valence-electron chi connectivity index (χ4n) is 11.2. The molecule has 14 aromatic rings. The van der Waals surface area contributed by atoms with E-state index in [0.29, 0.717) is 0 Å². The Morgan fingerprint density at radius 2 is 0.686 bits per heavy atom. The van der Waals surface area contributed by atoms with Crippen molar-refractivity contribution < 1.29 is 0 Å². The van der Waals surface area contributed by atoms with Crippen LogP contribution in [0, 0.1) is 0 Å². The Morgan fingerprint density at radius 1 is 0.314 bits per heavy atom. The van der Waals surface area contributed by atoms with Gasteiger partial charge in [0.15, 0.2) is 0 Å². The predicted octanol–water partition coefficient (Wildman–Crippen LogP) is 14.6. The molecule has 0 saturated carbocycles. The van der Waals surface area contributed by atoms with Gasteiger partial charge in [-0.1, -0.05) is 140 Å². The number of aromatic nitrogens is 7. The first-order valence-corrected chi connectivity index (χ1v) is 23.7. The van der Waals surface area contributed by atoms with E-state index in [1.807, 2.05) is 0 Å². The molecule has 0 bridgehead atoms. The maximum absolute atomic E-state index is 5.41. The van der Waals surface area contributed by atoms with Gasteiger partial charge in [-0.3, -0.25) is 18.3 Å². The largest absolute Gasteiger partial charge is 0.359 e. The molecule has 70 heavy (non-hydrogen) atoms. The molecule has 0 saturated heterocycles. The minimum atomic E-state index is -0.173. The zero-order valence-electron chi connectivity index (χ0n) is 37.6. The second kappa shape index (κ2) is 15.0. The van der Waals surface area contributed by atoms with Crippen LogP contribution in [-0.2, 0) is 0 Å². The van der Waals surface area contributed by atoms with Crippen LogP contribution in [0.3, 0.4) is 0 Å². The molecule has 0 amide bonds. The van der Waals surface area contributed by atoms with Gasteiger partial charge in [0, 0.05) is 43.1 Å². The highest BCUT2D eigenvalue weighted by Crippen LogP contribution is 2.41. The van der Waals surface area contributed by atoms with Crippen molar-refractivity contribution in [1.82, 2.24) is 38.5 Å². The van der Waals surface area contributed by atoms with E-state index in [-0.39, 0.29) is 6.04 Å². The van der Waals surface area contributed by atoms with Gasteiger partial charge in [-0.2, -0.15) is 0 Å². The van der Waals surface area contributed by atoms with Crippen LogP contribution in [-0.4, -0.2) is 33.2 Å². The molecule has 8 heterocycles. The number of dihydropyridines is 1. The van der Waals surface area contributed by atoms with Gasteiger partial charge in [-0.15, -0.1) is 0 Å². The Kier molecular flexibility index (Phi) is 8.26. The van der Waals surface area contributed by atoms with Crippen molar-refractivity contribution in [3.8, 4) is 28.8 Å². The fourth-order valence-corrected chi connectivity index (χ4v) is 11.2. The van der Waals surface area contributed by atoms with Crippen molar-refractivity contribution in [1.29, 1.82) is 0 Å². The van der Waals surface area contributed by atoms with Gasteiger partial charge >= 0.3 is 0 Å². The smallest absolute Gasteiger partial charge is 0.138 e. The maximum Gasteiger partial charge on any atom is 0.138 e. The lowest BCUT2D eigenvalue weighted by Crippen LogP contribution is -2.24. The third kappa shape index (κ3) is 5.67. The van der Waals surface area contributed by atoms with Crippen LogP contribution < -0.4 is 5.32 Å². The average molecular weight is 897 g/mol. The van der Waals surface area contributed by atoms with Crippen molar-refractivity contribution in [3.63, 3.8) is 0 Å². The topological polar surface area (TPSA) is 70.4 Å². The number of pyridine rings is 3. The second-order valence-corrected chi connectivity index (χ2v) is 18.1. The zero-order valence-corrected chi connectivity index (χ0v) is 37.6. The summed E-state index contributed by atoms with van der Waals surface area (Å²) in [5.41, 5.74) is 11.4. The number of benzene rings is 7. The summed E-state index contributed by atoms with van der Waals surface area (Å²) >= 11 is 0. The van der Waals surface area contributed by atoms with Crippen molar-refractivity contribution in [3.05, 3.63) is 236 Å². The molecule has 1 aliphatic heterocycles. The summed E-state index contributed by atoms with van der Waals surface area (Å²) in [6, 6.07) is 75.0. The molecule has 328 valence electrons. The van der Waals surface area contributed by atoms with E-state index in [1.165, 1.54) is 43.1 Å². The van der Waals surface area contributed by atoms with Gasteiger partial charge in [-0.25, -0.2) is 15.0 Å². The monoisotopic (exact) mass is 896 g/mol. The molecule has 0 radical (unpaired) electrons. The van der Waals surface area contributed by atoms with Crippen LogP contribution in [0.2, 0.25) is 0 Å². The standard InChI is InChI=1S/C62H40N8/c1-7-27-51-39(17-1)40-18-2-8-28-52(40)67(51)59-33-13-23-47(63-59)49-25-15-35-61(65-49)69-55-31-11-5-21-43(55)45-37-46-44-22-6-12-32-56(44)70(58(46)38-57(45)69)62-36-16-26-50(66-62)48-24-14-34-60(64-48)68-53-29-9-3-19-41(53)42-20-4-10-30-54(42)68/h1-38,49,65H. The number of rotatable bonds is 6. The van der Waals surface area contributed by atoms with E-state index in [2.05, 4.69) is 254 Å². The Balaban J connectivity index is 0.854. The molecule has 7 aromatic heterocycles. The highest BCUT2D eigenvalue weighted by Gasteiger charge is 2.23. The summed E-state index contributed by atoms with van der Waals surface area (Å²) < 4.78 is 9.21. The SMILES string of the molecule is C1=CC(c2cccc(-n3c4ccccc4c4ccccc43)n2)NC(n2c3ccccc3c3cc4c5ccccc5n(-c5cccc(-c6cccc(-n7c8ccccc8c8ccccc87)n6)n5)c4cc32)=C1. The molecule has 8 nitrogen and oxygen atoms in total. The lowest BCUT2D eigenvalue weighted by Gasteiger charge is -2.24. The summed E-state index contributed by atoms with van der Waals surface area (Å²) in [5, 5.41) is 13.5. The molecule has 1 atom stereocenters. The van der Waals surface area contributed by atoms with Crippen LogP contribution in [0.5, 0.6) is 0 Å². The van der Waals surface area contributed by atoms with Crippen LogP contribution in [0.25, 0.3) is 122 Å². The predicted molar refractivity (Wildman–Crippen MR) is 287 cm³/mol. The van der Waals surface area contributed by atoms with Crippen molar-refractivity contribution in [2.45, 2.75) is 6.04 Å². The summed E-state index contributed by atoms with van der Waals surface area (Å²) in [7, 11) is 0. The summed E-state index contributed by atoms with van der Waals surface area (Å²) in [6.07, 6.45) is 6.52. The van der Waals surface area contributed by atoms with E-state index < -0.39 is 0 Å². The molecule has 0 aliphatic carbocycles. The summed E-state index contributed by atoms with van der Waals surface area (Å²) in [5.74, 6) is 3.53. The maximum atomic E-state index is 5.41. The number of para-hydroxylation sites is 6. The van der Waals surface area contributed by atoms with Gasteiger partial charge in [0.2, 0.25) is 0 Å². The molecular formula is C62H40N8. The third-order valence-corrected chi connectivity index (χ3v) is 14.2. The number of nitrogens with one attached hydrogen (secondary N) is 1. The molecule has 1 aliphatic rings. The highest BCUT2D eigenvalue weighted by atomic mass is 15.2. The first kappa shape index (κ1) is 38.6. The number of nitrogens with zero attached hydrogens (tertiary/aromatic N) is 7. The third-order valence-electron chi connectivity index (χ3n) is 14.2.